The van der Waals surface area contributed by atoms with Gasteiger partial charge < -0.3 is 10.7 Å². The molecule has 0 aliphatic heterocycles. The standard InChI is InChI=1S/C15H17N3O/c1-10-7-8-11(2)14(9-10)17-15(19)12-5-3-4-6-13(12)18-16/h3-9,18H,16H2,1-2H3,(H,17,19). The molecule has 0 unspecified atom stereocenters. The lowest BCUT2D eigenvalue weighted by Crippen LogP contribution is -2.17. The van der Waals surface area contributed by atoms with Gasteiger partial charge in [-0.25, -0.2) is 0 Å². The number of nitrogen functional groups attached to an aromatic ring is 1. The Morgan fingerprint density at radius 1 is 1.05 bits per heavy atom. The van der Waals surface area contributed by atoms with Crippen molar-refractivity contribution in [2.75, 3.05) is 10.7 Å². The summed E-state index contributed by atoms with van der Waals surface area (Å²) in [7, 11) is 0. The molecule has 1 amide bonds. The van der Waals surface area contributed by atoms with E-state index in [9.17, 15) is 4.79 Å². The number of nitrogens with one attached hydrogen (secondary N) is 2. The number of anilines is 2. The average molecular weight is 255 g/mol. The summed E-state index contributed by atoms with van der Waals surface area (Å²) in [5.74, 6) is 5.23. The summed E-state index contributed by atoms with van der Waals surface area (Å²) in [6, 6.07) is 13.1. The van der Waals surface area contributed by atoms with Crippen LogP contribution in [0.15, 0.2) is 42.5 Å². The van der Waals surface area contributed by atoms with Crippen molar-refractivity contribution in [3.05, 3.63) is 59.2 Å². The van der Waals surface area contributed by atoms with Crippen LogP contribution in [0.25, 0.3) is 0 Å². The molecule has 4 heteroatoms. The maximum absolute atomic E-state index is 12.3. The number of hydrogen-bond acceptors (Lipinski definition) is 3. The van der Waals surface area contributed by atoms with Crippen LogP contribution in [0.5, 0.6) is 0 Å². The first kappa shape index (κ1) is 13.1. The molecule has 0 fully saturated rings. The van der Waals surface area contributed by atoms with Gasteiger partial charge in [-0.05, 0) is 43.2 Å². The molecule has 0 heterocycles. The summed E-state index contributed by atoms with van der Waals surface area (Å²) in [6.07, 6.45) is 0. The first-order valence-electron chi connectivity index (χ1n) is 6.06. The number of benzene rings is 2. The van der Waals surface area contributed by atoms with Gasteiger partial charge in [-0.1, -0.05) is 24.3 Å². The SMILES string of the molecule is Cc1ccc(C)c(NC(=O)c2ccccc2NN)c1. The Morgan fingerprint density at radius 3 is 2.53 bits per heavy atom. The van der Waals surface area contributed by atoms with Gasteiger partial charge in [0, 0.05) is 5.69 Å². The molecule has 0 saturated heterocycles. The minimum atomic E-state index is -0.178. The van der Waals surface area contributed by atoms with E-state index in [1.165, 1.54) is 0 Å². The number of amides is 1. The van der Waals surface area contributed by atoms with Gasteiger partial charge in [0.15, 0.2) is 0 Å². The zero-order chi connectivity index (χ0) is 13.8. The Kier molecular flexibility index (Phi) is 3.82. The number of para-hydroxylation sites is 1. The van der Waals surface area contributed by atoms with Crippen molar-refractivity contribution in [2.24, 2.45) is 5.84 Å². The molecule has 0 saturated carbocycles. The number of rotatable bonds is 3. The Morgan fingerprint density at radius 2 is 1.79 bits per heavy atom. The van der Waals surface area contributed by atoms with Crippen LogP contribution in [0.3, 0.4) is 0 Å². The van der Waals surface area contributed by atoms with Crippen molar-refractivity contribution in [3.63, 3.8) is 0 Å². The molecular formula is C15H17N3O. The molecule has 0 atom stereocenters. The fraction of sp³-hybridized carbons (Fsp3) is 0.133. The second-order valence-corrected chi connectivity index (χ2v) is 4.46. The smallest absolute Gasteiger partial charge is 0.257 e. The van der Waals surface area contributed by atoms with E-state index in [1.54, 1.807) is 18.2 Å². The van der Waals surface area contributed by atoms with Crippen LogP contribution in [-0.4, -0.2) is 5.91 Å². The third-order valence-corrected chi connectivity index (χ3v) is 2.97. The zero-order valence-electron chi connectivity index (χ0n) is 11.0. The van der Waals surface area contributed by atoms with Gasteiger partial charge in [-0.3, -0.25) is 10.6 Å². The van der Waals surface area contributed by atoms with Crippen LogP contribution >= 0.6 is 0 Å². The van der Waals surface area contributed by atoms with E-state index in [2.05, 4.69) is 10.7 Å². The van der Waals surface area contributed by atoms with E-state index in [1.807, 2.05) is 38.1 Å². The van der Waals surface area contributed by atoms with Crippen molar-refractivity contribution in [1.82, 2.24) is 0 Å². The number of nitrogens with two attached hydrogens (primary N) is 1. The van der Waals surface area contributed by atoms with E-state index in [-0.39, 0.29) is 5.91 Å². The van der Waals surface area contributed by atoms with Crippen LogP contribution in [0.4, 0.5) is 11.4 Å². The molecule has 0 aliphatic carbocycles. The van der Waals surface area contributed by atoms with Gasteiger partial charge in [0.25, 0.3) is 5.91 Å². The van der Waals surface area contributed by atoms with Crippen molar-refractivity contribution >= 4 is 17.3 Å². The molecule has 0 radical (unpaired) electrons. The maximum atomic E-state index is 12.3. The van der Waals surface area contributed by atoms with Crippen molar-refractivity contribution in [3.8, 4) is 0 Å². The molecule has 0 bridgehead atoms. The lowest BCUT2D eigenvalue weighted by atomic mass is 10.1. The Hall–Kier alpha value is -2.33. The Balaban J connectivity index is 2.28. The lowest BCUT2D eigenvalue weighted by molar-refractivity contribution is 0.102. The van der Waals surface area contributed by atoms with E-state index < -0.39 is 0 Å². The van der Waals surface area contributed by atoms with Gasteiger partial charge >= 0.3 is 0 Å². The fourth-order valence-corrected chi connectivity index (χ4v) is 1.87. The minimum absolute atomic E-state index is 0.178. The highest BCUT2D eigenvalue weighted by Gasteiger charge is 2.11. The van der Waals surface area contributed by atoms with Gasteiger partial charge in [-0.15, -0.1) is 0 Å². The lowest BCUT2D eigenvalue weighted by Gasteiger charge is -2.11. The van der Waals surface area contributed by atoms with Gasteiger partial charge in [0.2, 0.25) is 0 Å². The van der Waals surface area contributed by atoms with Crippen molar-refractivity contribution < 1.29 is 4.79 Å². The number of carbonyl (C=O) groups is 1. The second-order valence-electron chi connectivity index (χ2n) is 4.46. The van der Waals surface area contributed by atoms with Crippen LogP contribution in [0.2, 0.25) is 0 Å². The van der Waals surface area contributed by atoms with Crippen LogP contribution < -0.4 is 16.6 Å². The summed E-state index contributed by atoms with van der Waals surface area (Å²) in [5.41, 5.74) is 6.59. The molecule has 19 heavy (non-hydrogen) atoms. The average Bonchev–Trinajstić information content (AvgIpc) is 2.42. The molecule has 98 valence electrons. The number of carbonyl (C=O) groups excluding carboxylic acids is 1. The normalized spacial score (nSPS) is 10.1. The molecule has 4 N–H and O–H groups in total. The number of hydrogen-bond donors (Lipinski definition) is 3. The van der Waals surface area contributed by atoms with Crippen LogP contribution in [0, 0.1) is 13.8 Å². The van der Waals surface area contributed by atoms with Crippen molar-refractivity contribution in [2.45, 2.75) is 13.8 Å². The summed E-state index contributed by atoms with van der Waals surface area (Å²) >= 11 is 0. The number of hydrazine groups is 1. The topological polar surface area (TPSA) is 67.2 Å². The highest BCUT2D eigenvalue weighted by Crippen LogP contribution is 2.20. The quantitative estimate of drug-likeness (QED) is 0.583. The van der Waals surface area contributed by atoms with E-state index >= 15 is 0 Å². The number of aryl methyl sites for hydroxylation is 2. The van der Waals surface area contributed by atoms with Crippen LogP contribution in [-0.2, 0) is 0 Å². The Bertz CT molecular complexity index is 608. The third-order valence-electron chi connectivity index (χ3n) is 2.97. The molecular weight excluding hydrogens is 238 g/mol. The minimum Gasteiger partial charge on any atom is -0.323 e. The summed E-state index contributed by atoms with van der Waals surface area (Å²) < 4.78 is 0. The van der Waals surface area contributed by atoms with E-state index in [0.717, 1.165) is 16.8 Å². The molecule has 0 aromatic heterocycles. The predicted molar refractivity (Wildman–Crippen MR) is 78.1 cm³/mol. The first-order valence-corrected chi connectivity index (χ1v) is 6.06. The van der Waals surface area contributed by atoms with Crippen molar-refractivity contribution in [1.29, 1.82) is 0 Å². The predicted octanol–water partition coefficient (Wildman–Crippen LogP) is 2.84. The van der Waals surface area contributed by atoms with Gasteiger partial charge in [0.05, 0.1) is 11.3 Å². The first-order chi connectivity index (χ1) is 9.11. The highest BCUT2D eigenvalue weighted by atomic mass is 16.1. The summed E-state index contributed by atoms with van der Waals surface area (Å²) in [6.45, 7) is 3.95. The largest absolute Gasteiger partial charge is 0.323 e. The molecule has 2 aromatic carbocycles. The fourth-order valence-electron chi connectivity index (χ4n) is 1.87. The third kappa shape index (κ3) is 2.92. The molecule has 0 spiro atoms. The Labute approximate surface area is 112 Å². The zero-order valence-corrected chi connectivity index (χ0v) is 11.0. The van der Waals surface area contributed by atoms with E-state index in [0.29, 0.717) is 11.3 Å². The molecule has 2 aromatic rings. The molecule has 2 rings (SSSR count). The van der Waals surface area contributed by atoms with Gasteiger partial charge in [0.1, 0.15) is 0 Å². The monoisotopic (exact) mass is 255 g/mol. The van der Waals surface area contributed by atoms with Crippen LogP contribution in [0.1, 0.15) is 21.5 Å². The van der Waals surface area contributed by atoms with Gasteiger partial charge in [-0.2, -0.15) is 0 Å². The van der Waals surface area contributed by atoms with E-state index in [4.69, 9.17) is 5.84 Å². The summed E-state index contributed by atoms with van der Waals surface area (Å²) in [4.78, 5) is 12.3. The second kappa shape index (κ2) is 5.54. The maximum Gasteiger partial charge on any atom is 0.257 e. The molecule has 4 nitrogen and oxygen atoms in total. The molecule has 0 aliphatic rings. The summed E-state index contributed by atoms with van der Waals surface area (Å²) in [5, 5.41) is 2.91. The highest BCUT2D eigenvalue weighted by molar-refractivity contribution is 6.08.